The van der Waals surface area contributed by atoms with Crippen LogP contribution >= 0.6 is 0 Å². The van der Waals surface area contributed by atoms with Gasteiger partial charge in [-0.25, -0.2) is 4.79 Å². The van der Waals surface area contributed by atoms with Gasteiger partial charge in [-0.2, -0.15) is 0 Å². The summed E-state index contributed by atoms with van der Waals surface area (Å²) in [4.78, 5) is 25.9. The van der Waals surface area contributed by atoms with E-state index in [4.69, 9.17) is 9.15 Å². The van der Waals surface area contributed by atoms with Gasteiger partial charge in [-0.3, -0.25) is 15.1 Å². The summed E-state index contributed by atoms with van der Waals surface area (Å²) in [5, 5.41) is 18.2. The maximum absolute atomic E-state index is 11.7. The summed E-state index contributed by atoms with van der Waals surface area (Å²) < 4.78 is 10.4. The van der Waals surface area contributed by atoms with Crippen LogP contribution in [0, 0.1) is 10.1 Å². The fraction of sp³-hybridized carbons (Fsp3) is 0.0588. The number of aromatic nitrogens is 3. The summed E-state index contributed by atoms with van der Waals surface area (Å²) in [6, 6.07) is 11.0. The fourth-order valence-corrected chi connectivity index (χ4v) is 1.96. The zero-order valence-corrected chi connectivity index (χ0v) is 13.3. The lowest BCUT2D eigenvalue weighted by Crippen LogP contribution is -2.01. The second kappa shape index (κ2) is 7.79. The molecule has 130 valence electrons. The zero-order chi connectivity index (χ0) is 18.4. The number of carbonyl (C=O) groups excluding carboxylic acids is 1. The van der Waals surface area contributed by atoms with E-state index in [2.05, 4.69) is 15.2 Å². The molecular weight excluding hydrogens is 340 g/mol. The van der Waals surface area contributed by atoms with Gasteiger partial charge < -0.3 is 9.15 Å². The minimum atomic E-state index is -0.578. The summed E-state index contributed by atoms with van der Waals surface area (Å²) in [5.74, 6) is -0.293. The highest BCUT2D eigenvalue weighted by Gasteiger charge is 2.12. The smallest absolute Gasteiger partial charge is 0.331 e. The monoisotopic (exact) mass is 352 g/mol. The number of nitrogens with zero attached hydrogens (tertiary/aromatic N) is 4. The summed E-state index contributed by atoms with van der Waals surface area (Å²) in [5.41, 5.74) is 1.11. The van der Waals surface area contributed by atoms with Crippen molar-refractivity contribution in [1.82, 2.24) is 15.2 Å². The van der Waals surface area contributed by atoms with Crippen LogP contribution in [0.3, 0.4) is 0 Å². The predicted molar refractivity (Wildman–Crippen MR) is 89.5 cm³/mol. The number of esters is 1. The summed E-state index contributed by atoms with van der Waals surface area (Å²) in [7, 11) is 0. The second-order valence-corrected chi connectivity index (χ2v) is 5.00. The average Bonchev–Trinajstić information content (AvgIpc) is 3.14. The molecule has 0 atom stereocenters. The number of nitro groups is 1. The van der Waals surface area contributed by atoms with Gasteiger partial charge in [-0.1, -0.05) is 6.07 Å². The molecule has 0 aliphatic carbocycles. The van der Waals surface area contributed by atoms with Crippen LogP contribution in [0.1, 0.15) is 11.6 Å². The van der Waals surface area contributed by atoms with Gasteiger partial charge in [-0.05, 0) is 30.3 Å². The molecule has 3 aromatic rings. The predicted octanol–water partition coefficient (Wildman–Crippen LogP) is 2.80. The third-order valence-corrected chi connectivity index (χ3v) is 3.21. The van der Waals surface area contributed by atoms with Gasteiger partial charge in [-0.15, -0.1) is 10.2 Å². The highest BCUT2D eigenvalue weighted by molar-refractivity contribution is 5.86. The number of pyridine rings is 1. The van der Waals surface area contributed by atoms with Gasteiger partial charge in [0.15, 0.2) is 6.61 Å². The van der Waals surface area contributed by atoms with E-state index in [1.165, 1.54) is 36.4 Å². The van der Waals surface area contributed by atoms with Crippen molar-refractivity contribution < 1.29 is 18.9 Å². The lowest BCUT2D eigenvalue weighted by Gasteiger charge is -1.97. The Balaban J connectivity index is 1.57. The van der Waals surface area contributed by atoms with Gasteiger partial charge in [0.25, 0.3) is 11.6 Å². The van der Waals surface area contributed by atoms with Gasteiger partial charge >= 0.3 is 5.97 Å². The number of nitro benzene ring substituents is 1. The molecule has 0 radical (unpaired) electrons. The van der Waals surface area contributed by atoms with Crippen molar-refractivity contribution in [1.29, 1.82) is 0 Å². The molecule has 9 heteroatoms. The fourth-order valence-electron chi connectivity index (χ4n) is 1.96. The summed E-state index contributed by atoms with van der Waals surface area (Å²) in [6.07, 6.45) is 4.39. The normalized spacial score (nSPS) is 10.8. The number of hydrogen-bond donors (Lipinski definition) is 0. The molecule has 9 nitrogen and oxygen atoms in total. The third kappa shape index (κ3) is 4.35. The van der Waals surface area contributed by atoms with Crippen molar-refractivity contribution in [3.63, 3.8) is 0 Å². The molecule has 26 heavy (non-hydrogen) atoms. The maximum atomic E-state index is 11.7. The van der Waals surface area contributed by atoms with E-state index < -0.39 is 10.9 Å². The van der Waals surface area contributed by atoms with Crippen LogP contribution in [0.15, 0.2) is 59.2 Å². The number of carbonyl (C=O) groups is 1. The Bertz CT molecular complexity index is 935. The molecule has 0 saturated carbocycles. The number of benzene rings is 1. The van der Waals surface area contributed by atoms with Crippen molar-refractivity contribution >= 4 is 17.7 Å². The first-order valence-electron chi connectivity index (χ1n) is 7.45. The van der Waals surface area contributed by atoms with E-state index in [1.807, 2.05) is 0 Å². The van der Waals surface area contributed by atoms with Crippen LogP contribution in [0.2, 0.25) is 0 Å². The highest BCUT2D eigenvalue weighted by Crippen LogP contribution is 2.21. The Labute approximate surface area is 147 Å². The van der Waals surface area contributed by atoms with Crippen molar-refractivity contribution in [3.8, 4) is 11.5 Å². The minimum Gasteiger partial charge on any atom is -0.452 e. The van der Waals surface area contributed by atoms with Crippen LogP contribution in [-0.4, -0.2) is 26.1 Å². The van der Waals surface area contributed by atoms with E-state index in [0.29, 0.717) is 11.3 Å². The number of rotatable bonds is 6. The zero-order valence-electron chi connectivity index (χ0n) is 13.3. The standard InChI is InChI=1S/C17H12N4O5/c22-16(9-6-13-3-1-2-10-18-13)25-11-15-19-20-17(26-15)12-4-7-14(8-5-12)21(23)24/h1-10H,11H2/b9-6+. The van der Waals surface area contributed by atoms with Crippen molar-refractivity contribution in [3.05, 3.63) is 76.4 Å². The Morgan fingerprint density at radius 2 is 2.00 bits per heavy atom. The highest BCUT2D eigenvalue weighted by atomic mass is 16.6. The van der Waals surface area contributed by atoms with Crippen LogP contribution in [0.5, 0.6) is 0 Å². The van der Waals surface area contributed by atoms with E-state index in [1.54, 1.807) is 24.4 Å². The molecule has 0 aliphatic heterocycles. The molecule has 0 fully saturated rings. The van der Waals surface area contributed by atoms with Gasteiger partial charge in [0.05, 0.1) is 10.6 Å². The largest absolute Gasteiger partial charge is 0.452 e. The Morgan fingerprint density at radius 1 is 1.19 bits per heavy atom. The molecule has 0 unspecified atom stereocenters. The molecule has 3 rings (SSSR count). The lowest BCUT2D eigenvalue weighted by atomic mass is 10.2. The van der Waals surface area contributed by atoms with Crippen LogP contribution in [-0.2, 0) is 16.1 Å². The van der Waals surface area contributed by atoms with Crippen LogP contribution in [0.4, 0.5) is 5.69 Å². The Kier molecular flexibility index (Phi) is 5.08. The van der Waals surface area contributed by atoms with E-state index in [0.717, 1.165) is 0 Å². The molecule has 0 amide bonds. The molecule has 0 aliphatic rings. The Morgan fingerprint density at radius 3 is 2.69 bits per heavy atom. The first kappa shape index (κ1) is 17.0. The Hall–Kier alpha value is -3.88. The molecule has 2 heterocycles. The molecule has 0 N–H and O–H groups in total. The molecule has 2 aromatic heterocycles. The van der Waals surface area contributed by atoms with Gasteiger partial charge in [0, 0.05) is 30.0 Å². The molecular formula is C17H12N4O5. The number of hydrogen-bond acceptors (Lipinski definition) is 8. The molecule has 0 bridgehead atoms. The van der Waals surface area contributed by atoms with E-state index in [-0.39, 0.29) is 24.1 Å². The van der Waals surface area contributed by atoms with Crippen LogP contribution in [0.25, 0.3) is 17.5 Å². The molecule has 0 spiro atoms. The number of ether oxygens (including phenoxy) is 1. The summed E-state index contributed by atoms with van der Waals surface area (Å²) in [6.45, 7) is -0.189. The SMILES string of the molecule is O=C(/C=C/c1ccccn1)OCc1nnc(-c2ccc([N+](=O)[O-])cc2)o1. The van der Waals surface area contributed by atoms with Crippen molar-refractivity contribution in [2.45, 2.75) is 6.61 Å². The second-order valence-electron chi connectivity index (χ2n) is 5.00. The first-order valence-corrected chi connectivity index (χ1v) is 7.45. The minimum absolute atomic E-state index is 0.0397. The first-order chi connectivity index (χ1) is 12.6. The van der Waals surface area contributed by atoms with Gasteiger partial charge in [0.2, 0.25) is 5.89 Å². The van der Waals surface area contributed by atoms with Crippen LogP contribution < -0.4 is 0 Å². The maximum Gasteiger partial charge on any atom is 0.331 e. The topological polar surface area (TPSA) is 121 Å². The number of non-ortho nitro benzene ring substituents is 1. The van der Waals surface area contributed by atoms with E-state index >= 15 is 0 Å². The van der Waals surface area contributed by atoms with E-state index in [9.17, 15) is 14.9 Å². The third-order valence-electron chi connectivity index (χ3n) is 3.21. The average molecular weight is 352 g/mol. The van der Waals surface area contributed by atoms with Crippen molar-refractivity contribution in [2.24, 2.45) is 0 Å². The quantitative estimate of drug-likeness (QED) is 0.287. The lowest BCUT2D eigenvalue weighted by molar-refractivity contribution is -0.384. The summed E-state index contributed by atoms with van der Waals surface area (Å²) >= 11 is 0. The molecule has 1 aromatic carbocycles. The van der Waals surface area contributed by atoms with Crippen molar-refractivity contribution in [2.75, 3.05) is 0 Å². The van der Waals surface area contributed by atoms with Gasteiger partial charge in [0.1, 0.15) is 0 Å². The molecule has 0 saturated heterocycles.